The monoisotopic (exact) mass is 408 g/mol. The zero-order valence-electron chi connectivity index (χ0n) is 13.9. The molecular formula is C17H17ClN4O4S. The van der Waals surface area contributed by atoms with E-state index < -0.39 is 23.9 Å². The topological polar surface area (TPSA) is 162 Å². The van der Waals surface area contributed by atoms with E-state index >= 15 is 0 Å². The lowest BCUT2D eigenvalue weighted by atomic mass is 10.1. The van der Waals surface area contributed by atoms with Crippen LogP contribution in [0.5, 0.6) is 0 Å². The first-order valence-electron chi connectivity index (χ1n) is 7.64. The molecule has 0 aliphatic rings. The maximum absolute atomic E-state index is 11.6. The van der Waals surface area contributed by atoms with Gasteiger partial charge in [0.25, 0.3) is 5.91 Å². The van der Waals surface area contributed by atoms with Crippen LogP contribution in [0.25, 0.3) is 16.5 Å². The highest BCUT2D eigenvalue weighted by molar-refractivity contribution is 7.20. The largest absolute Gasteiger partial charge is 0.480 e. The summed E-state index contributed by atoms with van der Waals surface area (Å²) < 4.78 is 0. The van der Waals surface area contributed by atoms with Crippen LogP contribution in [0.15, 0.2) is 30.3 Å². The smallest absolute Gasteiger partial charge is 0.320 e. The Labute approximate surface area is 163 Å². The first-order chi connectivity index (χ1) is 12.7. The number of nitrogens with two attached hydrogens (primary N) is 3. The van der Waals surface area contributed by atoms with Crippen molar-refractivity contribution in [1.29, 1.82) is 0 Å². The SMILES string of the molecule is NC(=O)Nc1sc(-c2ccc(C=CC[C@H](N)C(=O)O)cc2Cl)cc1C(N)=O. The standard InChI is InChI=1S/C17H17ClN4O4S/c18-11-6-8(2-1-3-12(19)16(24)25)4-5-9(11)13-7-10(14(20)23)15(27-13)22-17(21)26/h1-2,4-7,12H,3,19H2,(H2,20,23)(H,24,25)(H3,21,22,26)/t12-/m0/s1. The number of anilines is 1. The van der Waals surface area contributed by atoms with Gasteiger partial charge in [0.2, 0.25) is 0 Å². The van der Waals surface area contributed by atoms with Gasteiger partial charge < -0.3 is 22.3 Å². The summed E-state index contributed by atoms with van der Waals surface area (Å²) in [6.07, 6.45) is 3.54. The number of halogens is 1. The van der Waals surface area contributed by atoms with Crippen molar-refractivity contribution in [1.82, 2.24) is 0 Å². The Kier molecular flexibility index (Phi) is 6.56. The molecule has 10 heteroatoms. The lowest BCUT2D eigenvalue weighted by molar-refractivity contribution is -0.138. The molecule has 0 aliphatic heterocycles. The van der Waals surface area contributed by atoms with E-state index in [1.165, 1.54) is 6.07 Å². The number of carboxylic acid groups (broad SMARTS) is 1. The molecule has 1 heterocycles. The van der Waals surface area contributed by atoms with Gasteiger partial charge in [-0.1, -0.05) is 35.9 Å². The highest BCUT2D eigenvalue weighted by Crippen LogP contribution is 2.38. The molecule has 27 heavy (non-hydrogen) atoms. The summed E-state index contributed by atoms with van der Waals surface area (Å²) in [5, 5.41) is 11.8. The maximum Gasteiger partial charge on any atom is 0.320 e. The third kappa shape index (κ3) is 5.30. The van der Waals surface area contributed by atoms with Gasteiger partial charge in [0.05, 0.1) is 5.56 Å². The number of aliphatic carboxylic acids is 1. The van der Waals surface area contributed by atoms with Gasteiger partial charge >= 0.3 is 12.0 Å². The van der Waals surface area contributed by atoms with Gasteiger partial charge in [-0.25, -0.2) is 4.79 Å². The molecule has 1 atom stereocenters. The minimum Gasteiger partial charge on any atom is -0.480 e. The number of carboxylic acids is 1. The zero-order valence-corrected chi connectivity index (χ0v) is 15.5. The average molecular weight is 409 g/mol. The molecule has 0 spiro atoms. The highest BCUT2D eigenvalue weighted by atomic mass is 35.5. The van der Waals surface area contributed by atoms with Gasteiger partial charge in [-0.15, -0.1) is 11.3 Å². The number of amides is 3. The molecular weight excluding hydrogens is 392 g/mol. The summed E-state index contributed by atoms with van der Waals surface area (Å²) in [6.45, 7) is 0. The molecule has 142 valence electrons. The first kappa shape index (κ1) is 20.4. The lowest BCUT2D eigenvalue weighted by Gasteiger charge is -2.04. The molecule has 0 aliphatic carbocycles. The number of urea groups is 1. The lowest BCUT2D eigenvalue weighted by Crippen LogP contribution is -2.29. The van der Waals surface area contributed by atoms with Gasteiger partial charge in [0, 0.05) is 15.5 Å². The van der Waals surface area contributed by atoms with Crippen molar-refractivity contribution in [3.8, 4) is 10.4 Å². The summed E-state index contributed by atoms with van der Waals surface area (Å²) in [5.74, 6) is -1.77. The van der Waals surface area contributed by atoms with Crippen LogP contribution < -0.4 is 22.5 Å². The zero-order chi connectivity index (χ0) is 20.1. The molecule has 1 aromatic heterocycles. The second kappa shape index (κ2) is 8.67. The Morgan fingerprint density at radius 2 is 1.96 bits per heavy atom. The van der Waals surface area contributed by atoms with Crippen molar-refractivity contribution in [3.05, 3.63) is 46.5 Å². The Balaban J connectivity index is 2.27. The Bertz CT molecular complexity index is 926. The van der Waals surface area contributed by atoms with E-state index in [2.05, 4.69) is 5.32 Å². The Morgan fingerprint density at radius 1 is 1.26 bits per heavy atom. The predicted molar refractivity (Wildman–Crippen MR) is 106 cm³/mol. The number of thiophene rings is 1. The Morgan fingerprint density at radius 3 is 2.52 bits per heavy atom. The van der Waals surface area contributed by atoms with Crippen LogP contribution in [0.1, 0.15) is 22.3 Å². The molecule has 0 fully saturated rings. The van der Waals surface area contributed by atoms with Gasteiger partial charge in [-0.3, -0.25) is 14.9 Å². The number of hydrogen-bond acceptors (Lipinski definition) is 5. The molecule has 0 saturated carbocycles. The molecule has 2 rings (SSSR count). The van der Waals surface area contributed by atoms with Crippen molar-refractivity contribution in [2.45, 2.75) is 12.5 Å². The van der Waals surface area contributed by atoms with Crippen molar-refractivity contribution < 1.29 is 19.5 Å². The summed E-state index contributed by atoms with van der Waals surface area (Å²) in [6, 6.07) is 4.95. The summed E-state index contributed by atoms with van der Waals surface area (Å²) in [7, 11) is 0. The molecule has 2 aromatic rings. The van der Waals surface area contributed by atoms with Crippen LogP contribution in [0.3, 0.4) is 0 Å². The van der Waals surface area contributed by atoms with E-state index in [-0.39, 0.29) is 17.0 Å². The van der Waals surface area contributed by atoms with Crippen LogP contribution in [0.2, 0.25) is 5.02 Å². The number of carbonyl (C=O) groups excluding carboxylic acids is 2. The molecule has 0 unspecified atom stereocenters. The van der Waals surface area contributed by atoms with E-state index in [1.807, 2.05) is 0 Å². The van der Waals surface area contributed by atoms with Crippen molar-refractivity contribution in [2.24, 2.45) is 17.2 Å². The fourth-order valence-corrected chi connectivity index (χ4v) is 3.65. The minimum absolute atomic E-state index is 0.136. The van der Waals surface area contributed by atoms with Crippen molar-refractivity contribution in [2.75, 3.05) is 5.32 Å². The first-order valence-corrected chi connectivity index (χ1v) is 8.83. The second-order valence-corrected chi connectivity index (χ2v) is 6.99. The maximum atomic E-state index is 11.6. The van der Waals surface area contributed by atoms with E-state index in [4.69, 9.17) is 33.9 Å². The summed E-state index contributed by atoms with van der Waals surface area (Å²) in [4.78, 5) is 34.0. The van der Waals surface area contributed by atoms with E-state index in [9.17, 15) is 14.4 Å². The third-order valence-corrected chi connectivity index (χ3v) is 4.91. The molecule has 0 bridgehead atoms. The Hall–Kier alpha value is -2.88. The van der Waals surface area contributed by atoms with Crippen LogP contribution >= 0.6 is 22.9 Å². The average Bonchev–Trinajstić information content (AvgIpc) is 2.97. The third-order valence-electron chi connectivity index (χ3n) is 3.51. The number of nitrogens with one attached hydrogen (secondary N) is 1. The molecule has 8 N–H and O–H groups in total. The van der Waals surface area contributed by atoms with Gasteiger partial charge in [-0.2, -0.15) is 0 Å². The molecule has 1 aromatic carbocycles. The molecule has 0 radical (unpaired) electrons. The van der Waals surface area contributed by atoms with Crippen LogP contribution in [0.4, 0.5) is 9.80 Å². The van der Waals surface area contributed by atoms with Crippen LogP contribution in [-0.2, 0) is 4.79 Å². The van der Waals surface area contributed by atoms with Gasteiger partial charge in [0.15, 0.2) is 0 Å². The quantitative estimate of drug-likeness (QED) is 0.474. The normalized spacial score (nSPS) is 12.1. The number of hydrogen-bond donors (Lipinski definition) is 5. The van der Waals surface area contributed by atoms with E-state index in [1.54, 1.807) is 30.4 Å². The number of carbonyl (C=O) groups is 3. The van der Waals surface area contributed by atoms with Crippen LogP contribution in [-0.4, -0.2) is 29.1 Å². The number of rotatable bonds is 7. The summed E-state index contributed by atoms with van der Waals surface area (Å²) >= 11 is 7.45. The molecule has 3 amide bonds. The second-order valence-electron chi connectivity index (χ2n) is 5.53. The molecule has 8 nitrogen and oxygen atoms in total. The summed E-state index contributed by atoms with van der Waals surface area (Å²) in [5.41, 5.74) is 17.4. The van der Waals surface area contributed by atoms with Crippen LogP contribution in [0, 0.1) is 0 Å². The predicted octanol–water partition coefficient (Wildman–Crippen LogP) is 2.47. The van der Waals surface area contributed by atoms with Gasteiger partial charge in [-0.05, 0) is 24.1 Å². The fourth-order valence-electron chi connectivity index (χ4n) is 2.20. The van der Waals surface area contributed by atoms with Crippen molar-refractivity contribution >= 4 is 51.9 Å². The van der Waals surface area contributed by atoms with E-state index in [0.717, 1.165) is 16.9 Å². The van der Waals surface area contributed by atoms with Gasteiger partial charge in [0.1, 0.15) is 11.0 Å². The number of primary amides is 2. The minimum atomic E-state index is -1.07. The fraction of sp³-hybridized carbons (Fsp3) is 0.118. The van der Waals surface area contributed by atoms with Crippen molar-refractivity contribution in [3.63, 3.8) is 0 Å². The molecule has 0 saturated heterocycles. The number of benzene rings is 1. The highest BCUT2D eigenvalue weighted by Gasteiger charge is 2.17. The van der Waals surface area contributed by atoms with E-state index in [0.29, 0.717) is 15.5 Å².